The van der Waals surface area contributed by atoms with Crippen molar-refractivity contribution in [3.63, 3.8) is 0 Å². The molecule has 1 aromatic carbocycles. The summed E-state index contributed by atoms with van der Waals surface area (Å²) >= 11 is 0. The van der Waals surface area contributed by atoms with E-state index in [4.69, 9.17) is 4.74 Å². The summed E-state index contributed by atoms with van der Waals surface area (Å²) < 4.78 is 5.43. The van der Waals surface area contributed by atoms with Crippen LogP contribution in [0.5, 0.6) is 5.75 Å². The minimum atomic E-state index is -0.168. The van der Waals surface area contributed by atoms with E-state index in [0.717, 1.165) is 12.5 Å². The van der Waals surface area contributed by atoms with E-state index in [-0.39, 0.29) is 11.7 Å². The summed E-state index contributed by atoms with van der Waals surface area (Å²) in [7, 11) is 0. The topological polar surface area (TPSA) is 58.6 Å². The number of phenolic OH excluding ortho intramolecular Hbond substituents is 1. The highest BCUT2D eigenvalue weighted by Crippen LogP contribution is 2.28. The van der Waals surface area contributed by atoms with Gasteiger partial charge in [-0.3, -0.25) is 4.79 Å². The molecule has 0 spiro atoms. The molecule has 1 fully saturated rings. The number of hydrogen-bond donors (Lipinski definition) is 2. The molecule has 0 radical (unpaired) electrons. The predicted molar refractivity (Wildman–Crippen MR) is 68.7 cm³/mol. The summed E-state index contributed by atoms with van der Waals surface area (Å²) in [5, 5.41) is 12.3. The standard InChI is InChI=1S/C14H19NO3/c1-10-12(3-2-4-13(10)16)14(17)15-7-8-18-9-11-5-6-11/h2-4,11,16H,5-9H2,1H3,(H,15,17). The Morgan fingerprint density at radius 3 is 3.00 bits per heavy atom. The van der Waals surface area contributed by atoms with Crippen LogP contribution in [0.2, 0.25) is 0 Å². The van der Waals surface area contributed by atoms with Gasteiger partial charge in [0.05, 0.1) is 6.61 Å². The second kappa shape index (κ2) is 5.87. The Balaban J connectivity index is 1.74. The first-order valence-corrected chi connectivity index (χ1v) is 6.33. The molecule has 0 heterocycles. The number of amides is 1. The van der Waals surface area contributed by atoms with Crippen molar-refractivity contribution in [1.29, 1.82) is 0 Å². The van der Waals surface area contributed by atoms with Crippen LogP contribution < -0.4 is 5.32 Å². The number of benzene rings is 1. The van der Waals surface area contributed by atoms with E-state index in [9.17, 15) is 9.90 Å². The van der Waals surface area contributed by atoms with Gasteiger partial charge >= 0.3 is 0 Å². The van der Waals surface area contributed by atoms with Gasteiger partial charge in [-0.05, 0) is 37.8 Å². The van der Waals surface area contributed by atoms with Crippen LogP contribution in [0.3, 0.4) is 0 Å². The van der Waals surface area contributed by atoms with Crippen molar-refractivity contribution in [3.05, 3.63) is 29.3 Å². The van der Waals surface area contributed by atoms with Gasteiger partial charge in [0.15, 0.2) is 0 Å². The van der Waals surface area contributed by atoms with Crippen LogP contribution in [-0.4, -0.2) is 30.8 Å². The molecule has 0 saturated heterocycles. The summed E-state index contributed by atoms with van der Waals surface area (Å²) in [4.78, 5) is 11.8. The van der Waals surface area contributed by atoms with E-state index in [2.05, 4.69) is 5.32 Å². The maximum absolute atomic E-state index is 11.8. The lowest BCUT2D eigenvalue weighted by Gasteiger charge is -2.09. The van der Waals surface area contributed by atoms with E-state index in [1.807, 2.05) is 0 Å². The minimum absolute atomic E-state index is 0.146. The zero-order valence-corrected chi connectivity index (χ0v) is 10.6. The number of aromatic hydroxyl groups is 1. The summed E-state index contributed by atoms with van der Waals surface area (Å²) in [6.07, 6.45) is 2.55. The zero-order chi connectivity index (χ0) is 13.0. The Kier molecular flexibility index (Phi) is 4.20. The molecular weight excluding hydrogens is 230 g/mol. The van der Waals surface area contributed by atoms with Crippen LogP contribution in [0.25, 0.3) is 0 Å². The molecule has 18 heavy (non-hydrogen) atoms. The number of nitrogens with one attached hydrogen (secondary N) is 1. The van der Waals surface area contributed by atoms with Gasteiger partial charge in [0.25, 0.3) is 5.91 Å². The maximum atomic E-state index is 11.8. The van der Waals surface area contributed by atoms with Crippen LogP contribution in [0.15, 0.2) is 18.2 Å². The molecule has 0 aromatic heterocycles. The van der Waals surface area contributed by atoms with Crippen LogP contribution in [0.1, 0.15) is 28.8 Å². The lowest BCUT2D eigenvalue weighted by Crippen LogP contribution is -2.28. The molecule has 4 nitrogen and oxygen atoms in total. The lowest BCUT2D eigenvalue weighted by molar-refractivity contribution is 0.0905. The van der Waals surface area contributed by atoms with Crippen LogP contribution in [-0.2, 0) is 4.74 Å². The van der Waals surface area contributed by atoms with Crippen molar-refractivity contribution in [2.45, 2.75) is 19.8 Å². The molecule has 4 heteroatoms. The van der Waals surface area contributed by atoms with E-state index in [1.165, 1.54) is 12.8 Å². The van der Waals surface area contributed by atoms with Crippen LogP contribution >= 0.6 is 0 Å². The van der Waals surface area contributed by atoms with Crippen LogP contribution in [0, 0.1) is 12.8 Å². The maximum Gasteiger partial charge on any atom is 0.251 e. The summed E-state index contributed by atoms with van der Waals surface area (Å²) in [5.41, 5.74) is 1.12. The lowest BCUT2D eigenvalue weighted by atomic mass is 10.1. The Bertz CT molecular complexity index is 427. The molecule has 1 aliphatic carbocycles. The van der Waals surface area contributed by atoms with E-state index < -0.39 is 0 Å². The second-order valence-electron chi connectivity index (χ2n) is 4.72. The van der Waals surface area contributed by atoms with E-state index >= 15 is 0 Å². The number of ether oxygens (including phenoxy) is 1. The predicted octanol–water partition coefficient (Wildman–Crippen LogP) is 1.86. The number of phenols is 1. The fraction of sp³-hybridized carbons (Fsp3) is 0.500. The van der Waals surface area contributed by atoms with Gasteiger partial charge < -0.3 is 15.2 Å². The Morgan fingerprint density at radius 1 is 1.50 bits per heavy atom. The van der Waals surface area contributed by atoms with Crippen molar-refractivity contribution in [1.82, 2.24) is 5.32 Å². The van der Waals surface area contributed by atoms with E-state index in [1.54, 1.807) is 25.1 Å². The molecule has 0 atom stereocenters. The van der Waals surface area contributed by atoms with Gasteiger partial charge in [-0.1, -0.05) is 6.07 Å². The number of carbonyl (C=O) groups excluding carboxylic acids is 1. The van der Waals surface area contributed by atoms with Crippen LogP contribution in [0.4, 0.5) is 0 Å². The fourth-order valence-electron chi connectivity index (χ4n) is 1.74. The molecular formula is C14H19NO3. The monoisotopic (exact) mass is 249 g/mol. The Hall–Kier alpha value is -1.55. The van der Waals surface area contributed by atoms with Gasteiger partial charge in [-0.2, -0.15) is 0 Å². The van der Waals surface area contributed by atoms with Crippen molar-refractivity contribution >= 4 is 5.91 Å². The average molecular weight is 249 g/mol. The molecule has 1 saturated carbocycles. The second-order valence-corrected chi connectivity index (χ2v) is 4.72. The molecule has 1 aliphatic rings. The SMILES string of the molecule is Cc1c(O)cccc1C(=O)NCCOCC1CC1. The highest BCUT2D eigenvalue weighted by molar-refractivity contribution is 5.96. The van der Waals surface area contributed by atoms with Gasteiger partial charge in [-0.15, -0.1) is 0 Å². The Morgan fingerprint density at radius 2 is 2.28 bits per heavy atom. The van der Waals surface area contributed by atoms with Gasteiger partial charge in [0.1, 0.15) is 5.75 Å². The van der Waals surface area contributed by atoms with Gasteiger partial charge in [0.2, 0.25) is 0 Å². The van der Waals surface area contributed by atoms with Crippen molar-refractivity contribution in [3.8, 4) is 5.75 Å². The molecule has 0 bridgehead atoms. The summed E-state index contributed by atoms with van der Waals surface area (Å²) in [6.45, 7) is 3.58. The first-order valence-electron chi connectivity index (χ1n) is 6.33. The Labute approximate surface area is 107 Å². The molecule has 0 aliphatic heterocycles. The van der Waals surface area contributed by atoms with Crippen molar-refractivity contribution < 1.29 is 14.6 Å². The summed E-state index contributed by atoms with van der Waals surface area (Å²) in [6, 6.07) is 4.95. The quantitative estimate of drug-likeness (QED) is 0.756. The molecule has 1 aromatic rings. The fourth-order valence-corrected chi connectivity index (χ4v) is 1.74. The molecule has 2 N–H and O–H groups in total. The number of carbonyl (C=O) groups is 1. The van der Waals surface area contributed by atoms with Crippen molar-refractivity contribution in [2.75, 3.05) is 19.8 Å². The number of hydrogen-bond acceptors (Lipinski definition) is 3. The van der Waals surface area contributed by atoms with Gasteiger partial charge in [0, 0.05) is 24.3 Å². The molecule has 0 unspecified atom stereocenters. The first kappa shape index (κ1) is 12.9. The number of rotatable bonds is 6. The molecule has 1 amide bonds. The van der Waals surface area contributed by atoms with Crippen molar-refractivity contribution in [2.24, 2.45) is 5.92 Å². The van der Waals surface area contributed by atoms with Gasteiger partial charge in [-0.25, -0.2) is 0 Å². The average Bonchev–Trinajstić information content (AvgIpc) is 3.16. The minimum Gasteiger partial charge on any atom is -0.508 e. The highest BCUT2D eigenvalue weighted by atomic mass is 16.5. The normalized spacial score (nSPS) is 14.5. The molecule has 98 valence electrons. The largest absolute Gasteiger partial charge is 0.508 e. The smallest absolute Gasteiger partial charge is 0.251 e. The third-order valence-corrected chi connectivity index (χ3v) is 3.13. The highest BCUT2D eigenvalue weighted by Gasteiger charge is 2.20. The first-order chi connectivity index (χ1) is 8.68. The third-order valence-electron chi connectivity index (χ3n) is 3.13. The van der Waals surface area contributed by atoms with E-state index in [0.29, 0.717) is 24.3 Å². The molecule has 2 rings (SSSR count). The third kappa shape index (κ3) is 3.47. The summed E-state index contributed by atoms with van der Waals surface area (Å²) in [5.74, 6) is 0.722. The zero-order valence-electron chi connectivity index (χ0n) is 10.6.